The molecule has 4 N–H and O–H groups in total. The van der Waals surface area contributed by atoms with Crippen molar-refractivity contribution >= 4 is 23.6 Å². The first-order valence-electron chi connectivity index (χ1n) is 8.46. The monoisotopic (exact) mass is 357 g/mol. The Balaban J connectivity index is 4.71. The second kappa shape index (κ2) is 12.2. The van der Waals surface area contributed by atoms with Crippen molar-refractivity contribution in [2.45, 2.75) is 38.6 Å². The Bertz CT molecular complexity index is 469. The van der Waals surface area contributed by atoms with Gasteiger partial charge in [0.15, 0.2) is 0 Å². The van der Waals surface area contributed by atoms with Crippen LogP contribution in [0.3, 0.4) is 0 Å². The first kappa shape index (κ1) is 22.8. The van der Waals surface area contributed by atoms with E-state index >= 15 is 0 Å². The number of likely N-dealkylation sites (N-methyl/N-ethyl adjacent to an activating group) is 3. The molecule has 25 heavy (non-hydrogen) atoms. The van der Waals surface area contributed by atoms with Crippen LogP contribution >= 0.6 is 0 Å². The molecule has 0 aliphatic carbocycles. The number of nitrogens with one attached hydrogen (secondary N) is 2. The van der Waals surface area contributed by atoms with E-state index in [-0.39, 0.29) is 31.4 Å². The number of hydrogen-bond donors (Lipinski definition) is 3. The van der Waals surface area contributed by atoms with Crippen LogP contribution in [0.15, 0.2) is 0 Å². The third kappa shape index (κ3) is 8.48. The molecule has 0 saturated carbocycles. The summed E-state index contributed by atoms with van der Waals surface area (Å²) >= 11 is 0. The third-order valence-corrected chi connectivity index (χ3v) is 3.92. The molecule has 0 bridgehead atoms. The van der Waals surface area contributed by atoms with Gasteiger partial charge in [0.25, 0.3) is 0 Å². The van der Waals surface area contributed by atoms with E-state index in [0.717, 1.165) is 19.3 Å². The molecule has 0 spiro atoms. The van der Waals surface area contributed by atoms with Crippen LogP contribution in [0.2, 0.25) is 0 Å². The van der Waals surface area contributed by atoms with Crippen LogP contribution in [0.1, 0.15) is 32.6 Å². The Morgan fingerprint density at radius 2 is 1.72 bits per heavy atom. The Hall–Kier alpha value is -2.16. The van der Waals surface area contributed by atoms with Crippen molar-refractivity contribution in [3.05, 3.63) is 0 Å². The highest BCUT2D eigenvalue weighted by Gasteiger charge is 2.26. The molecule has 0 heterocycles. The fourth-order valence-corrected chi connectivity index (χ4v) is 2.20. The summed E-state index contributed by atoms with van der Waals surface area (Å²) in [4.78, 5) is 50.0. The van der Waals surface area contributed by atoms with Gasteiger partial charge in [-0.3, -0.25) is 19.2 Å². The number of amides is 4. The second-order valence-corrected chi connectivity index (χ2v) is 5.86. The number of hydrogen-bond acceptors (Lipinski definition) is 5. The Kier molecular flexibility index (Phi) is 11.2. The van der Waals surface area contributed by atoms with Crippen molar-refractivity contribution in [3.63, 3.8) is 0 Å². The number of unbranched alkanes of at least 4 members (excludes halogenated alkanes) is 2. The summed E-state index contributed by atoms with van der Waals surface area (Å²) in [6, 6.07) is -0.667. The molecule has 0 aromatic heterocycles. The molecule has 0 saturated heterocycles. The second-order valence-electron chi connectivity index (χ2n) is 5.86. The van der Waals surface area contributed by atoms with Crippen LogP contribution in [0.25, 0.3) is 0 Å². The zero-order chi connectivity index (χ0) is 19.4. The van der Waals surface area contributed by atoms with Gasteiger partial charge in [0.05, 0.1) is 19.6 Å². The molecule has 0 rings (SSSR count). The topological polar surface area (TPSA) is 125 Å². The van der Waals surface area contributed by atoms with Crippen LogP contribution < -0.4 is 16.4 Å². The molecule has 9 heteroatoms. The van der Waals surface area contributed by atoms with E-state index in [1.54, 1.807) is 0 Å². The van der Waals surface area contributed by atoms with E-state index in [4.69, 9.17) is 5.73 Å². The number of rotatable bonds is 11. The smallest absolute Gasteiger partial charge is 0.243 e. The van der Waals surface area contributed by atoms with Crippen LogP contribution in [0.4, 0.5) is 0 Å². The van der Waals surface area contributed by atoms with Crippen LogP contribution in [-0.2, 0) is 19.2 Å². The lowest BCUT2D eigenvalue weighted by atomic mass is 10.1. The molecule has 0 aliphatic heterocycles. The summed E-state index contributed by atoms with van der Waals surface area (Å²) in [6.07, 6.45) is 3.24. The van der Waals surface area contributed by atoms with Gasteiger partial charge in [-0.25, -0.2) is 0 Å². The summed E-state index contributed by atoms with van der Waals surface area (Å²) in [5, 5.41) is 4.97. The molecule has 0 fully saturated rings. The summed E-state index contributed by atoms with van der Waals surface area (Å²) in [5.41, 5.74) is 5.37. The fourth-order valence-electron chi connectivity index (χ4n) is 2.20. The van der Waals surface area contributed by atoms with Crippen molar-refractivity contribution in [2.24, 2.45) is 5.73 Å². The Morgan fingerprint density at radius 3 is 2.24 bits per heavy atom. The Labute approximate surface area is 149 Å². The molecule has 0 aromatic rings. The minimum atomic E-state index is -0.667. The average Bonchev–Trinajstić information content (AvgIpc) is 2.61. The zero-order valence-electron chi connectivity index (χ0n) is 15.6. The van der Waals surface area contributed by atoms with E-state index in [0.29, 0.717) is 6.42 Å². The minimum Gasteiger partial charge on any atom is -0.358 e. The van der Waals surface area contributed by atoms with E-state index in [2.05, 4.69) is 10.6 Å². The summed E-state index contributed by atoms with van der Waals surface area (Å²) in [7, 11) is 4.49. The Morgan fingerprint density at radius 1 is 1.08 bits per heavy atom. The average molecular weight is 357 g/mol. The van der Waals surface area contributed by atoms with Gasteiger partial charge in [0, 0.05) is 21.1 Å². The molecule has 9 nitrogen and oxygen atoms in total. The van der Waals surface area contributed by atoms with Gasteiger partial charge in [0.2, 0.25) is 23.6 Å². The maximum atomic E-state index is 12.4. The van der Waals surface area contributed by atoms with Gasteiger partial charge < -0.3 is 26.2 Å². The summed E-state index contributed by atoms with van der Waals surface area (Å²) in [5.74, 6) is -1.42. The first-order valence-corrected chi connectivity index (χ1v) is 8.46. The molecular weight excluding hydrogens is 326 g/mol. The van der Waals surface area contributed by atoms with Gasteiger partial charge in [-0.1, -0.05) is 26.2 Å². The van der Waals surface area contributed by atoms with Crippen molar-refractivity contribution in [3.8, 4) is 0 Å². The van der Waals surface area contributed by atoms with Crippen LogP contribution in [0.5, 0.6) is 0 Å². The largest absolute Gasteiger partial charge is 0.358 e. The minimum absolute atomic E-state index is 0.0866. The van der Waals surface area contributed by atoms with E-state index in [1.807, 2.05) is 6.92 Å². The SMILES string of the molecule is CCCCCC(C(=O)NCC(=O)N(C)CC(=O)NC)N(C)C(=O)CN. The zero-order valence-corrected chi connectivity index (χ0v) is 15.6. The first-order chi connectivity index (χ1) is 11.8. The van der Waals surface area contributed by atoms with E-state index in [1.165, 1.54) is 30.9 Å². The van der Waals surface area contributed by atoms with Crippen LogP contribution in [-0.4, -0.2) is 80.2 Å². The molecule has 0 radical (unpaired) electrons. The highest BCUT2D eigenvalue weighted by Crippen LogP contribution is 2.09. The molecule has 0 aliphatic rings. The van der Waals surface area contributed by atoms with Gasteiger partial charge in [0.1, 0.15) is 6.04 Å². The lowest BCUT2D eigenvalue weighted by molar-refractivity contribution is -0.139. The van der Waals surface area contributed by atoms with Crippen molar-refractivity contribution in [2.75, 3.05) is 40.8 Å². The lowest BCUT2D eigenvalue weighted by Gasteiger charge is -2.27. The molecule has 4 amide bonds. The molecule has 1 unspecified atom stereocenters. The van der Waals surface area contributed by atoms with Crippen molar-refractivity contribution in [1.29, 1.82) is 0 Å². The quantitative estimate of drug-likeness (QED) is 0.395. The number of nitrogens with two attached hydrogens (primary N) is 1. The van der Waals surface area contributed by atoms with E-state index < -0.39 is 17.9 Å². The predicted molar refractivity (Wildman–Crippen MR) is 94.5 cm³/mol. The summed E-state index contributed by atoms with van der Waals surface area (Å²) < 4.78 is 0. The van der Waals surface area contributed by atoms with Gasteiger partial charge >= 0.3 is 0 Å². The maximum absolute atomic E-state index is 12.4. The van der Waals surface area contributed by atoms with E-state index in [9.17, 15) is 19.2 Å². The third-order valence-electron chi connectivity index (χ3n) is 3.92. The highest BCUT2D eigenvalue weighted by atomic mass is 16.2. The van der Waals surface area contributed by atoms with Crippen LogP contribution in [0, 0.1) is 0 Å². The lowest BCUT2D eigenvalue weighted by Crippen LogP contribution is -2.51. The van der Waals surface area contributed by atoms with Gasteiger partial charge in [-0.2, -0.15) is 0 Å². The number of carbonyl (C=O) groups excluding carboxylic acids is 4. The molecule has 1 atom stereocenters. The number of nitrogens with zero attached hydrogens (tertiary/aromatic N) is 2. The summed E-state index contributed by atoms with van der Waals surface area (Å²) in [6.45, 7) is 1.55. The highest BCUT2D eigenvalue weighted by molar-refractivity contribution is 5.91. The number of carbonyl (C=O) groups is 4. The normalized spacial score (nSPS) is 11.4. The molecule has 0 aromatic carbocycles. The van der Waals surface area contributed by atoms with Gasteiger partial charge in [-0.05, 0) is 6.42 Å². The van der Waals surface area contributed by atoms with Crippen molar-refractivity contribution in [1.82, 2.24) is 20.4 Å². The molecule has 144 valence electrons. The van der Waals surface area contributed by atoms with Crippen molar-refractivity contribution < 1.29 is 19.2 Å². The fraction of sp³-hybridized carbons (Fsp3) is 0.750. The van der Waals surface area contributed by atoms with Gasteiger partial charge in [-0.15, -0.1) is 0 Å². The predicted octanol–water partition coefficient (Wildman–Crippen LogP) is -1.33. The standard InChI is InChI=1S/C16H31N5O4/c1-5-6-7-8-12(21(4)14(23)9-17)16(25)19-10-15(24)20(3)11-13(22)18-2/h12H,5-11,17H2,1-4H3,(H,18,22)(H,19,25). The maximum Gasteiger partial charge on any atom is 0.243 e. The molecular formula is C16H31N5O4.